The number of ether oxygens (including phenoxy) is 1. The van der Waals surface area contributed by atoms with Crippen LogP contribution in [0.1, 0.15) is 12.5 Å². The minimum absolute atomic E-state index is 0.690. The van der Waals surface area contributed by atoms with E-state index in [2.05, 4.69) is 34.6 Å². The summed E-state index contributed by atoms with van der Waals surface area (Å²) in [5.74, 6) is 0.824. The zero-order valence-electron chi connectivity index (χ0n) is 7.72. The summed E-state index contributed by atoms with van der Waals surface area (Å²) in [7, 11) is 0. The molecule has 0 aromatic heterocycles. The van der Waals surface area contributed by atoms with Crippen LogP contribution < -0.4 is 0 Å². The molecular weight excluding hydrogens is 228 g/mol. The summed E-state index contributed by atoms with van der Waals surface area (Å²) in [5.41, 5.74) is 1.22. The molecule has 0 aliphatic heterocycles. The highest BCUT2D eigenvalue weighted by atomic mass is 79.9. The molecule has 0 saturated carbocycles. The maximum atomic E-state index is 5.27. The Morgan fingerprint density at radius 2 is 2.00 bits per heavy atom. The Kier molecular flexibility index (Phi) is 4.03. The molecule has 2 heteroatoms. The van der Waals surface area contributed by atoms with E-state index < -0.39 is 0 Å². The lowest BCUT2D eigenvalue weighted by atomic mass is 10.1. The Morgan fingerprint density at radius 3 is 2.54 bits per heavy atom. The van der Waals surface area contributed by atoms with Crippen LogP contribution in [0.25, 0.3) is 0 Å². The van der Waals surface area contributed by atoms with Crippen LogP contribution in [-0.4, -0.2) is 6.61 Å². The van der Waals surface area contributed by atoms with Crippen molar-refractivity contribution >= 4 is 15.9 Å². The molecule has 1 aromatic carbocycles. The largest absolute Gasteiger partial charge is 0.498 e. The summed E-state index contributed by atoms with van der Waals surface area (Å²) >= 11 is 3.39. The molecule has 0 spiro atoms. The fraction of sp³-hybridized carbons (Fsp3) is 0.273. The molecule has 0 aliphatic rings. The van der Waals surface area contributed by atoms with Crippen LogP contribution in [-0.2, 0) is 11.2 Å². The van der Waals surface area contributed by atoms with E-state index in [4.69, 9.17) is 4.74 Å². The molecule has 0 atom stereocenters. The lowest BCUT2D eigenvalue weighted by Crippen LogP contribution is -1.94. The summed E-state index contributed by atoms with van der Waals surface area (Å²) < 4.78 is 6.37. The first-order chi connectivity index (χ1) is 6.22. The second-order valence-corrected chi connectivity index (χ2v) is 3.69. The zero-order chi connectivity index (χ0) is 9.68. The van der Waals surface area contributed by atoms with Gasteiger partial charge in [0.05, 0.1) is 12.4 Å². The summed E-state index contributed by atoms with van der Waals surface area (Å²) in [6.07, 6.45) is 0.793. The average molecular weight is 241 g/mol. The van der Waals surface area contributed by atoms with Crippen LogP contribution in [0.5, 0.6) is 0 Å². The molecule has 1 aromatic rings. The Balaban J connectivity index is 2.54. The third-order valence-electron chi connectivity index (χ3n) is 1.66. The Bertz CT molecular complexity index is 277. The van der Waals surface area contributed by atoms with E-state index in [0.29, 0.717) is 6.61 Å². The first-order valence-corrected chi connectivity index (χ1v) is 5.06. The van der Waals surface area contributed by atoms with Gasteiger partial charge in [-0.05, 0) is 24.6 Å². The van der Waals surface area contributed by atoms with E-state index in [-0.39, 0.29) is 0 Å². The molecular formula is C11H13BrO. The van der Waals surface area contributed by atoms with Gasteiger partial charge in [0.15, 0.2) is 0 Å². The first kappa shape index (κ1) is 10.3. The topological polar surface area (TPSA) is 9.23 Å². The third-order valence-corrected chi connectivity index (χ3v) is 2.19. The van der Waals surface area contributed by atoms with Gasteiger partial charge >= 0.3 is 0 Å². The van der Waals surface area contributed by atoms with Gasteiger partial charge in [-0.3, -0.25) is 0 Å². The normalized spacial score (nSPS) is 9.69. The molecule has 1 rings (SSSR count). The van der Waals surface area contributed by atoms with Crippen molar-refractivity contribution in [3.63, 3.8) is 0 Å². The summed E-state index contributed by atoms with van der Waals surface area (Å²) in [5, 5.41) is 0. The SMILES string of the molecule is C=C(Cc1ccc(Br)cc1)OCC. The van der Waals surface area contributed by atoms with Crippen LogP contribution in [0.15, 0.2) is 41.1 Å². The molecule has 0 unspecified atom stereocenters. The molecule has 0 saturated heterocycles. The van der Waals surface area contributed by atoms with E-state index in [0.717, 1.165) is 16.7 Å². The van der Waals surface area contributed by atoms with Crippen molar-refractivity contribution < 1.29 is 4.74 Å². The van der Waals surface area contributed by atoms with Crippen molar-refractivity contribution in [1.29, 1.82) is 0 Å². The van der Waals surface area contributed by atoms with Crippen LogP contribution in [0.2, 0.25) is 0 Å². The molecule has 0 N–H and O–H groups in total. The highest BCUT2D eigenvalue weighted by Crippen LogP contribution is 2.13. The number of allylic oxidation sites excluding steroid dienone is 1. The lowest BCUT2D eigenvalue weighted by molar-refractivity contribution is 0.225. The maximum Gasteiger partial charge on any atom is 0.0931 e. The molecule has 1 nitrogen and oxygen atoms in total. The van der Waals surface area contributed by atoms with Gasteiger partial charge in [0.25, 0.3) is 0 Å². The molecule has 70 valence electrons. The van der Waals surface area contributed by atoms with Gasteiger partial charge in [0, 0.05) is 10.9 Å². The van der Waals surface area contributed by atoms with Crippen molar-refractivity contribution in [1.82, 2.24) is 0 Å². The zero-order valence-corrected chi connectivity index (χ0v) is 9.30. The number of hydrogen-bond donors (Lipinski definition) is 0. The fourth-order valence-corrected chi connectivity index (χ4v) is 1.35. The predicted molar refractivity (Wildman–Crippen MR) is 58.6 cm³/mol. The third kappa shape index (κ3) is 3.64. The van der Waals surface area contributed by atoms with E-state index >= 15 is 0 Å². The van der Waals surface area contributed by atoms with Gasteiger partial charge in [-0.15, -0.1) is 0 Å². The van der Waals surface area contributed by atoms with Crippen LogP contribution in [0, 0.1) is 0 Å². The smallest absolute Gasteiger partial charge is 0.0931 e. The minimum Gasteiger partial charge on any atom is -0.498 e. The fourth-order valence-electron chi connectivity index (χ4n) is 1.09. The molecule has 13 heavy (non-hydrogen) atoms. The highest BCUT2D eigenvalue weighted by Gasteiger charge is 1.96. The van der Waals surface area contributed by atoms with Crippen LogP contribution in [0.3, 0.4) is 0 Å². The first-order valence-electron chi connectivity index (χ1n) is 4.27. The van der Waals surface area contributed by atoms with Gasteiger partial charge < -0.3 is 4.74 Å². The molecule has 0 bridgehead atoms. The molecule has 0 fully saturated rings. The van der Waals surface area contributed by atoms with Crippen molar-refractivity contribution in [3.05, 3.63) is 46.6 Å². The second kappa shape index (κ2) is 5.07. The van der Waals surface area contributed by atoms with Gasteiger partial charge in [0.2, 0.25) is 0 Å². The predicted octanol–water partition coefficient (Wildman–Crippen LogP) is 3.54. The van der Waals surface area contributed by atoms with E-state index in [1.807, 2.05) is 19.1 Å². The summed E-state index contributed by atoms with van der Waals surface area (Å²) in [6, 6.07) is 8.17. The Labute approximate surface area is 87.5 Å². The van der Waals surface area contributed by atoms with Gasteiger partial charge in [-0.1, -0.05) is 34.6 Å². The van der Waals surface area contributed by atoms with Crippen molar-refractivity contribution in [2.75, 3.05) is 6.61 Å². The quantitative estimate of drug-likeness (QED) is 0.732. The lowest BCUT2D eigenvalue weighted by Gasteiger charge is -2.06. The summed E-state index contributed by atoms with van der Waals surface area (Å²) in [6.45, 7) is 6.48. The number of halogens is 1. The van der Waals surface area contributed by atoms with Crippen LogP contribution in [0.4, 0.5) is 0 Å². The highest BCUT2D eigenvalue weighted by molar-refractivity contribution is 9.10. The molecule has 0 radical (unpaired) electrons. The van der Waals surface area contributed by atoms with Gasteiger partial charge in [-0.2, -0.15) is 0 Å². The monoisotopic (exact) mass is 240 g/mol. The van der Waals surface area contributed by atoms with Crippen molar-refractivity contribution in [2.24, 2.45) is 0 Å². The van der Waals surface area contributed by atoms with Gasteiger partial charge in [-0.25, -0.2) is 0 Å². The second-order valence-electron chi connectivity index (χ2n) is 2.77. The molecule has 0 heterocycles. The number of benzene rings is 1. The van der Waals surface area contributed by atoms with Crippen molar-refractivity contribution in [3.8, 4) is 0 Å². The van der Waals surface area contributed by atoms with E-state index in [9.17, 15) is 0 Å². The van der Waals surface area contributed by atoms with E-state index in [1.165, 1.54) is 5.56 Å². The summed E-state index contributed by atoms with van der Waals surface area (Å²) in [4.78, 5) is 0. The van der Waals surface area contributed by atoms with Gasteiger partial charge in [0.1, 0.15) is 0 Å². The Morgan fingerprint density at radius 1 is 1.38 bits per heavy atom. The average Bonchev–Trinajstić information content (AvgIpc) is 2.09. The Hall–Kier alpha value is -0.760. The van der Waals surface area contributed by atoms with E-state index in [1.54, 1.807) is 0 Å². The molecule has 0 aliphatic carbocycles. The minimum atomic E-state index is 0.690. The number of rotatable bonds is 4. The van der Waals surface area contributed by atoms with Crippen molar-refractivity contribution in [2.45, 2.75) is 13.3 Å². The molecule has 0 amide bonds. The number of hydrogen-bond acceptors (Lipinski definition) is 1. The standard InChI is InChI=1S/C11H13BrO/c1-3-13-9(2)8-10-4-6-11(12)7-5-10/h4-7H,2-3,8H2,1H3. The maximum absolute atomic E-state index is 5.27. The van der Waals surface area contributed by atoms with Crippen LogP contribution >= 0.6 is 15.9 Å².